The van der Waals surface area contributed by atoms with Crippen molar-refractivity contribution in [2.45, 2.75) is 129 Å². The average molecular weight is 559 g/mol. The Morgan fingerprint density at radius 1 is 0.975 bits per heavy atom. The van der Waals surface area contributed by atoms with Crippen molar-refractivity contribution in [2.75, 3.05) is 0 Å². The first kappa shape index (κ1) is 29.7. The summed E-state index contributed by atoms with van der Waals surface area (Å²) in [6, 6.07) is -0.342. The summed E-state index contributed by atoms with van der Waals surface area (Å²) in [5.74, 6) is -1.74. The molecule has 224 valence electrons. The van der Waals surface area contributed by atoms with Gasteiger partial charge in [-0.25, -0.2) is 4.79 Å². The molecule has 5 rings (SSSR count). The van der Waals surface area contributed by atoms with E-state index in [1.807, 2.05) is 0 Å². The van der Waals surface area contributed by atoms with Crippen LogP contribution >= 0.6 is 0 Å². The highest BCUT2D eigenvalue weighted by atomic mass is 16.5. The number of carboxylic acids is 1. The van der Waals surface area contributed by atoms with E-state index in [0.29, 0.717) is 31.3 Å². The quantitative estimate of drug-likeness (QED) is 0.199. The molecule has 0 spiro atoms. The van der Waals surface area contributed by atoms with Crippen molar-refractivity contribution in [2.24, 2.45) is 45.5 Å². The molecule has 5 fully saturated rings. The van der Waals surface area contributed by atoms with Crippen molar-refractivity contribution >= 4 is 11.9 Å². The smallest absolute Gasteiger partial charge is 0.332 e. The van der Waals surface area contributed by atoms with Gasteiger partial charge in [0.2, 0.25) is 0 Å². The number of hydrogen-bond acceptors (Lipinski definition) is 7. The van der Waals surface area contributed by atoms with Gasteiger partial charge in [-0.2, -0.15) is 0 Å². The molecule has 0 amide bonds. The maximum atomic E-state index is 13.1. The van der Waals surface area contributed by atoms with Crippen LogP contribution in [0.2, 0.25) is 0 Å². The van der Waals surface area contributed by atoms with E-state index in [0.717, 1.165) is 25.7 Å². The van der Waals surface area contributed by atoms with Crippen molar-refractivity contribution < 1.29 is 29.6 Å². The number of hydrogen-bond donors (Lipinski definition) is 5. The number of nitrogens with two attached hydrogens (primary N) is 2. The molecule has 7 N–H and O–H groups in total. The second kappa shape index (κ2) is 9.65. The van der Waals surface area contributed by atoms with Crippen LogP contribution in [0.4, 0.5) is 0 Å². The van der Waals surface area contributed by atoms with Crippen LogP contribution in [-0.4, -0.2) is 57.2 Å². The lowest BCUT2D eigenvalue weighted by Gasteiger charge is -2.70. The lowest BCUT2D eigenvalue weighted by molar-refractivity contribution is -0.232. The van der Waals surface area contributed by atoms with Crippen LogP contribution in [-0.2, 0) is 14.3 Å². The summed E-state index contributed by atoms with van der Waals surface area (Å²) < 4.78 is 5.95. The van der Waals surface area contributed by atoms with Gasteiger partial charge in [0.05, 0.1) is 12.2 Å². The van der Waals surface area contributed by atoms with Crippen molar-refractivity contribution in [3.05, 3.63) is 22.3 Å². The van der Waals surface area contributed by atoms with E-state index in [2.05, 4.69) is 34.6 Å². The number of fused-ring (bicyclic) bond motifs is 5. The van der Waals surface area contributed by atoms with Gasteiger partial charge in [-0.1, -0.05) is 31.9 Å². The van der Waals surface area contributed by atoms with Crippen LogP contribution in [0.25, 0.3) is 0 Å². The fourth-order valence-corrected chi connectivity index (χ4v) is 10.8. The Hall–Kier alpha value is -1.74. The highest BCUT2D eigenvalue weighted by Gasteiger charge is 2.75. The molecule has 0 bridgehead atoms. The minimum atomic E-state index is -1.15. The molecule has 0 aliphatic heterocycles. The number of carbonyl (C=O) groups excluding carboxylic acids is 1. The molecule has 0 radical (unpaired) electrons. The molecular weight excluding hydrogens is 508 g/mol. The zero-order valence-corrected chi connectivity index (χ0v) is 25.1. The summed E-state index contributed by atoms with van der Waals surface area (Å²) in [4.78, 5) is 25.5. The number of aliphatic hydroxyl groups excluding tert-OH is 2. The second-order valence-corrected chi connectivity index (χ2v) is 14.8. The summed E-state index contributed by atoms with van der Waals surface area (Å²) >= 11 is 0. The Morgan fingerprint density at radius 2 is 1.65 bits per heavy atom. The van der Waals surface area contributed by atoms with Gasteiger partial charge in [-0.15, -0.1) is 0 Å². The third-order valence-corrected chi connectivity index (χ3v) is 12.9. The second-order valence-electron chi connectivity index (χ2n) is 14.8. The van der Waals surface area contributed by atoms with Gasteiger partial charge in [0, 0.05) is 29.7 Å². The predicted molar refractivity (Wildman–Crippen MR) is 152 cm³/mol. The zero-order chi connectivity index (χ0) is 29.6. The number of allylic oxidation sites excluding steroid dienone is 2. The van der Waals surface area contributed by atoms with E-state index in [1.165, 1.54) is 18.1 Å². The summed E-state index contributed by atoms with van der Waals surface area (Å²) in [5.41, 5.74) is 14.8. The fraction of sp³-hybridized carbons (Fsp3) is 0.812. The van der Waals surface area contributed by atoms with Crippen LogP contribution in [0.3, 0.4) is 0 Å². The molecule has 5 aliphatic carbocycles. The topological polar surface area (TPSA) is 156 Å². The Labute approximate surface area is 238 Å². The highest BCUT2D eigenvalue weighted by molar-refractivity contribution is 5.89. The molecule has 5 aliphatic rings. The van der Waals surface area contributed by atoms with E-state index in [1.54, 1.807) is 0 Å². The van der Waals surface area contributed by atoms with E-state index in [4.69, 9.17) is 16.2 Å². The summed E-state index contributed by atoms with van der Waals surface area (Å²) in [7, 11) is 0. The Morgan fingerprint density at radius 3 is 2.23 bits per heavy atom. The standard InChI is InChI=1S/C32H50N2O6/c1-16(2)18-7-8-19(13-18)24(28(38)39)25-23(40-17(3)35)15-31(6)30(5)12-9-20-26(33)21(36)10-11-29(20,4)27(30)22(37)14-32(25,31)34/h19-23,26-27,36-37H,7-15,33-34H2,1-6H3,(H,38,39)/b25-24+/t19?,20-,21+,22+,23-,26-,27-,29-,30-,31+,32+/m0/s1. The van der Waals surface area contributed by atoms with Crippen LogP contribution in [0.15, 0.2) is 22.3 Å². The third kappa shape index (κ3) is 3.92. The third-order valence-electron chi connectivity index (χ3n) is 12.9. The molecule has 5 saturated carbocycles. The number of carbonyl (C=O) groups is 2. The van der Waals surface area contributed by atoms with E-state index < -0.39 is 46.6 Å². The van der Waals surface area contributed by atoms with E-state index in [9.17, 15) is 24.9 Å². The number of aliphatic carboxylic acids is 1. The molecule has 0 heterocycles. The number of esters is 1. The van der Waals surface area contributed by atoms with Crippen LogP contribution in [0.1, 0.15) is 99.3 Å². The van der Waals surface area contributed by atoms with Crippen LogP contribution in [0, 0.1) is 34.0 Å². The molecular formula is C32H50N2O6. The first-order chi connectivity index (χ1) is 18.5. The number of aliphatic hydroxyl groups is 2. The van der Waals surface area contributed by atoms with Gasteiger partial charge < -0.3 is 31.5 Å². The summed E-state index contributed by atoms with van der Waals surface area (Å²) in [6.07, 6.45) is 3.68. The van der Waals surface area contributed by atoms with Crippen LogP contribution < -0.4 is 11.5 Å². The number of rotatable bonds is 3. The molecule has 0 saturated heterocycles. The highest BCUT2D eigenvalue weighted by Crippen LogP contribution is 2.74. The largest absolute Gasteiger partial charge is 0.478 e. The first-order valence-electron chi connectivity index (χ1n) is 15.2. The number of ether oxygens (including phenoxy) is 1. The van der Waals surface area contributed by atoms with E-state index in [-0.39, 0.29) is 41.2 Å². The SMILES string of the molecule is CC(=O)O[C@H]1C[C@@]2(C)[C@@](N)(C[C@@H](O)[C@H]3[C@@]4(C)CC[C@@H](O)[C@@H](N)[C@@H]4CC[C@@]32C)/C1=C(/C(=O)O)C1CCC(=C(C)C)C1. The molecule has 1 unspecified atom stereocenters. The van der Waals surface area contributed by atoms with Gasteiger partial charge in [0.15, 0.2) is 0 Å². The summed E-state index contributed by atoms with van der Waals surface area (Å²) in [6.45, 7) is 12.1. The maximum absolute atomic E-state index is 13.1. The first-order valence-corrected chi connectivity index (χ1v) is 15.2. The Kier molecular flexibility index (Phi) is 7.17. The molecule has 8 heteroatoms. The monoisotopic (exact) mass is 558 g/mol. The molecule has 11 atom stereocenters. The Balaban J connectivity index is 1.68. The molecule has 0 aromatic carbocycles. The Bertz CT molecular complexity index is 1160. The van der Waals surface area contributed by atoms with Gasteiger partial charge in [0.25, 0.3) is 0 Å². The van der Waals surface area contributed by atoms with Crippen molar-refractivity contribution in [1.82, 2.24) is 0 Å². The minimum Gasteiger partial charge on any atom is -0.478 e. The van der Waals surface area contributed by atoms with Crippen molar-refractivity contribution in [3.63, 3.8) is 0 Å². The van der Waals surface area contributed by atoms with Crippen LogP contribution in [0.5, 0.6) is 0 Å². The minimum absolute atomic E-state index is 0.0779. The van der Waals surface area contributed by atoms with Crippen molar-refractivity contribution in [3.8, 4) is 0 Å². The average Bonchev–Trinajstić information content (AvgIpc) is 3.40. The molecule has 40 heavy (non-hydrogen) atoms. The predicted octanol–water partition coefficient (Wildman–Crippen LogP) is 3.83. The van der Waals surface area contributed by atoms with Gasteiger partial charge in [-0.3, -0.25) is 4.79 Å². The van der Waals surface area contributed by atoms with E-state index >= 15 is 0 Å². The van der Waals surface area contributed by atoms with Gasteiger partial charge in [0.1, 0.15) is 6.10 Å². The zero-order valence-electron chi connectivity index (χ0n) is 25.1. The normalized spacial score (nSPS) is 49.5. The number of carboxylic acid groups (broad SMARTS) is 1. The lowest BCUT2D eigenvalue weighted by atomic mass is 9.35. The van der Waals surface area contributed by atoms with Crippen molar-refractivity contribution in [1.29, 1.82) is 0 Å². The van der Waals surface area contributed by atoms with Gasteiger partial charge in [-0.05, 0) is 106 Å². The lowest BCUT2D eigenvalue weighted by Crippen LogP contribution is -2.73. The maximum Gasteiger partial charge on any atom is 0.332 e. The fourth-order valence-electron chi connectivity index (χ4n) is 10.8. The molecule has 8 nitrogen and oxygen atoms in total. The van der Waals surface area contributed by atoms with Gasteiger partial charge >= 0.3 is 11.9 Å². The molecule has 0 aromatic heterocycles. The summed E-state index contributed by atoms with van der Waals surface area (Å²) in [5, 5.41) is 33.4. The molecule has 0 aromatic rings.